The van der Waals surface area contributed by atoms with Crippen molar-refractivity contribution in [3.8, 4) is 0 Å². The molecule has 1 nitrogen and oxygen atoms in total. The molecular formula is C9H12IN. The number of halogens is 1. The molecule has 11 heavy (non-hydrogen) atoms. The summed E-state index contributed by atoms with van der Waals surface area (Å²) in [4.78, 5) is 0. The summed E-state index contributed by atoms with van der Waals surface area (Å²) >= 11 is 2.25. The number of aryl methyl sites for hydroxylation is 1. The summed E-state index contributed by atoms with van der Waals surface area (Å²) in [5.74, 6) is 0. The van der Waals surface area contributed by atoms with Gasteiger partial charge in [0.05, 0.1) is 4.05 Å². The van der Waals surface area contributed by atoms with Crippen molar-refractivity contribution in [2.75, 3.05) is 0 Å². The van der Waals surface area contributed by atoms with Gasteiger partial charge in [-0.1, -0.05) is 52.9 Å². The minimum absolute atomic E-state index is 0.285. The Hall–Kier alpha value is -0.0900. The summed E-state index contributed by atoms with van der Waals surface area (Å²) in [5, 5.41) is 0. The normalized spacial score (nSPS) is 12.9. The lowest BCUT2D eigenvalue weighted by molar-refractivity contribution is 0.809. The maximum Gasteiger partial charge on any atom is 0.0571 e. The molecule has 0 amide bonds. The van der Waals surface area contributed by atoms with E-state index in [-0.39, 0.29) is 4.05 Å². The zero-order valence-electron chi connectivity index (χ0n) is 6.33. The van der Waals surface area contributed by atoms with E-state index in [9.17, 15) is 0 Å². The molecule has 0 saturated carbocycles. The molecule has 2 N–H and O–H groups in total. The highest BCUT2D eigenvalue weighted by Gasteiger charge is 1.95. The van der Waals surface area contributed by atoms with Crippen molar-refractivity contribution >= 4 is 22.6 Å². The van der Waals surface area contributed by atoms with Crippen LogP contribution >= 0.6 is 22.6 Å². The van der Waals surface area contributed by atoms with Gasteiger partial charge in [0.25, 0.3) is 0 Å². The fourth-order valence-corrected chi connectivity index (χ4v) is 1.26. The van der Waals surface area contributed by atoms with Gasteiger partial charge in [-0.15, -0.1) is 0 Å². The average molecular weight is 261 g/mol. The van der Waals surface area contributed by atoms with Crippen molar-refractivity contribution in [3.63, 3.8) is 0 Å². The van der Waals surface area contributed by atoms with Gasteiger partial charge >= 0.3 is 0 Å². The molecule has 1 rings (SSSR count). The number of benzene rings is 1. The van der Waals surface area contributed by atoms with E-state index >= 15 is 0 Å². The number of nitrogens with two attached hydrogens (primary N) is 1. The first-order valence-corrected chi connectivity index (χ1v) is 4.97. The topological polar surface area (TPSA) is 26.0 Å². The third-order valence-electron chi connectivity index (χ3n) is 1.55. The van der Waals surface area contributed by atoms with Gasteiger partial charge in [-0.25, -0.2) is 0 Å². The van der Waals surface area contributed by atoms with Crippen molar-refractivity contribution < 1.29 is 0 Å². The molecular weight excluding hydrogens is 249 g/mol. The Morgan fingerprint density at radius 2 is 1.91 bits per heavy atom. The molecule has 0 heterocycles. The van der Waals surface area contributed by atoms with Crippen LogP contribution in [0, 0.1) is 0 Å². The van der Waals surface area contributed by atoms with Crippen LogP contribution in [0.3, 0.4) is 0 Å². The predicted octanol–water partition coefficient (Wildman–Crippen LogP) is 2.34. The molecule has 1 unspecified atom stereocenters. The van der Waals surface area contributed by atoms with Gasteiger partial charge in [0.1, 0.15) is 0 Å². The average Bonchev–Trinajstić information content (AvgIpc) is 2.03. The molecule has 0 aliphatic rings. The van der Waals surface area contributed by atoms with Crippen LogP contribution in [-0.4, -0.2) is 4.05 Å². The van der Waals surface area contributed by atoms with Crippen molar-refractivity contribution in [2.45, 2.75) is 16.9 Å². The van der Waals surface area contributed by atoms with Gasteiger partial charge in [-0.05, 0) is 18.4 Å². The van der Waals surface area contributed by atoms with Gasteiger partial charge in [-0.2, -0.15) is 0 Å². The van der Waals surface area contributed by atoms with Gasteiger partial charge in [0, 0.05) is 0 Å². The van der Waals surface area contributed by atoms with Crippen LogP contribution in [0.5, 0.6) is 0 Å². The molecule has 0 bridgehead atoms. The third-order valence-corrected chi connectivity index (χ3v) is 2.17. The lowest BCUT2D eigenvalue weighted by atomic mass is 10.1. The first-order valence-electron chi connectivity index (χ1n) is 3.72. The van der Waals surface area contributed by atoms with E-state index in [0.29, 0.717) is 0 Å². The Labute approximate surface area is 81.1 Å². The lowest BCUT2D eigenvalue weighted by Crippen LogP contribution is -2.11. The molecule has 1 aromatic rings. The van der Waals surface area contributed by atoms with Crippen molar-refractivity contribution in [2.24, 2.45) is 5.73 Å². The van der Waals surface area contributed by atoms with E-state index in [1.54, 1.807) is 0 Å². The van der Waals surface area contributed by atoms with E-state index in [1.165, 1.54) is 5.56 Å². The summed E-state index contributed by atoms with van der Waals surface area (Å²) in [6.45, 7) is 0. The Morgan fingerprint density at radius 3 is 2.45 bits per heavy atom. The zero-order valence-corrected chi connectivity index (χ0v) is 8.49. The summed E-state index contributed by atoms with van der Waals surface area (Å²) in [6.07, 6.45) is 2.15. The second-order valence-electron chi connectivity index (χ2n) is 2.54. The third kappa shape index (κ3) is 3.72. The van der Waals surface area contributed by atoms with Gasteiger partial charge < -0.3 is 5.73 Å². The maximum atomic E-state index is 5.63. The minimum atomic E-state index is 0.285. The molecule has 0 spiro atoms. The minimum Gasteiger partial charge on any atom is -0.320 e. The van der Waals surface area contributed by atoms with Crippen LogP contribution in [-0.2, 0) is 6.42 Å². The van der Waals surface area contributed by atoms with Gasteiger partial charge in [0.15, 0.2) is 0 Å². The van der Waals surface area contributed by atoms with E-state index in [1.807, 2.05) is 6.07 Å². The summed E-state index contributed by atoms with van der Waals surface area (Å²) in [5.41, 5.74) is 7.00. The van der Waals surface area contributed by atoms with E-state index in [2.05, 4.69) is 46.9 Å². The number of alkyl halides is 1. The Balaban J connectivity index is 2.39. The molecule has 0 radical (unpaired) electrons. The number of rotatable bonds is 3. The van der Waals surface area contributed by atoms with E-state index in [4.69, 9.17) is 5.73 Å². The molecule has 0 aromatic heterocycles. The lowest BCUT2D eigenvalue weighted by Gasteiger charge is -2.02. The highest BCUT2D eigenvalue weighted by Crippen LogP contribution is 2.06. The molecule has 0 aliphatic carbocycles. The second-order valence-corrected chi connectivity index (χ2v) is 4.14. The van der Waals surface area contributed by atoms with Crippen LogP contribution in [0.15, 0.2) is 30.3 Å². The molecule has 60 valence electrons. The highest BCUT2D eigenvalue weighted by molar-refractivity contribution is 14.1. The molecule has 2 heteroatoms. The van der Waals surface area contributed by atoms with Crippen molar-refractivity contribution in [1.29, 1.82) is 0 Å². The Kier molecular flexibility index (Phi) is 3.86. The first kappa shape index (κ1) is 9.00. The second kappa shape index (κ2) is 4.72. The fourth-order valence-electron chi connectivity index (χ4n) is 0.949. The standard InChI is InChI=1S/C9H12IN/c10-9(11)7-6-8-4-2-1-3-5-8/h1-5,9H,6-7,11H2. The molecule has 0 aliphatic heterocycles. The van der Waals surface area contributed by atoms with Crippen LogP contribution in [0.4, 0.5) is 0 Å². The Bertz CT molecular complexity index is 196. The molecule has 0 saturated heterocycles. The van der Waals surface area contributed by atoms with Crippen molar-refractivity contribution in [3.05, 3.63) is 35.9 Å². The molecule has 1 aromatic carbocycles. The van der Waals surface area contributed by atoms with Gasteiger partial charge in [-0.3, -0.25) is 0 Å². The summed E-state index contributed by atoms with van der Waals surface area (Å²) in [7, 11) is 0. The fraction of sp³-hybridized carbons (Fsp3) is 0.333. The predicted molar refractivity (Wildman–Crippen MR) is 56.8 cm³/mol. The largest absolute Gasteiger partial charge is 0.320 e. The van der Waals surface area contributed by atoms with E-state index < -0.39 is 0 Å². The zero-order chi connectivity index (χ0) is 8.10. The number of hydrogen-bond acceptors (Lipinski definition) is 1. The summed E-state index contributed by atoms with van der Waals surface area (Å²) < 4.78 is 0.285. The highest BCUT2D eigenvalue weighted by atomic mass is 127. The summed E-state index contributed by atoms with van der Waals surface area (Å²) in [6, 6.07) is 10.4. The van der Waals surface area contributed by atoms with Crippen LogP contribution in [0.25, 0.3) is 0 Å². The van der Waals surface area contributed by atoms with Gasteiger partial charge in [0.2, 0.25) is 0 Å². The SMILES string of the molecule is NC(I)CCc1ccccc1. The van der Waals surface area contributed by atoms with E-state index in [0.717, 1.165) is 12.8 Å². The van der Waals surface area contributed by atoms with Crippen LogP contribution in [0.1, 0.15) is 12.0 Å². The molecule has 1 atom stereocenters. The Morgan fingerprint density at radius 1 is 1.27 bits per heavy atom. The maximum absolute atomic E-state index is 5.63. The smallest absolute Gasteiger partial charge is 0.0571 e. The first-order chi connectivity index (χ1) is 5.29. The molecule has 0 fully saturated rings. The number of hydrogen-bond donors (Lipinski definition) is 1. The monoisotopic (exact) mass is 261 g/mol. The van der Waals surface area contributed by atoms with Crippen molar-refractivity contribution in [1.82, 2.24) is 0 Å². The quantitative estimate of drug-likeness (QED) is 0.504. The van der Waals surface area contributed by atoms with Crippen LogP contribution in [0.2, 0.25) is 0 Å². The van der Waals surface area contributed by atoms with Crippen LogP contribution < -0.4 is 5.73 Å².